The van der Waals surface area contributed by atoms with E-state index < -0.39 is 0 Å². The van der Waals surface area contributed by atoms with Gasteiger partial charge in [0, 0.05) is 42.4 Å². The highest BCUT2D eigenvalue weighted by molar-refractivity contribution is 5.90. The van der Waals surface area contributed by atoms with Gasteiger partial charge in [-0.3, -0.25) is 14.4 Å². The number of amides is 3. The molecule has 2 saturated heterocycles. The Morgan fingerprint density at radius 2 is 1.59 bits per heavy atom. The molecule has 2 aliphatic heterocycles. The number of aliphatic hydroxyl groups excluding tert-OH is 1. The number of carbonyl (C=O) groups excluding carboxylic acids is 3. The van der Waals surface area contributed by atoms with Crippen molar-refractivity contribution in [2.75, 3.05) is 32.7 Å². The zero-order valence-electron chi connectivity index (χ0n) is 29.2. The van der Waals surface area contributed by atoms with Gasteiger partial charge in [-0.15, -0.1) is 0 Å². The zero-order valence-corrected chi connectivity index (χ0v) is 29.2. The van der Waals surface area contributed by atoms with Gasteiger partial charge in [-0.2, -0.15) is 0 Å². The highest BCUT2D eigenvalue weighted by atomic mass is 16.3. The van der Waals surface area contributed by atoms with Crippen LogP contribution in [0, 0.1) is 6.92 Å². The number of nitrogens with two attached hydrogens (primary N) is 1. The second-order valence-corrected chi connectivity index (χ2v) is 11.9. The molecule has 0 saturated carbocycles. The second-order valence-electron chi connectivity index (χ2n) is 11.9. The highest BCUT2D eigenvalue weighted by Crippen LogP contribution is 2.21. The lowest BCUT2D eigenvalue weighted by molar-refractivity contribution is -0.130. The number of unbranched alkanes of at least 4 members (excludes halogenated alkanes) is 3. The summed E-state index contributed by atoms with van der Waals surface area (Å²) in [7, 11) is 0. The minimum atomic E-state index is -0.366. The van der Waals surface area contributed by atoms with Crippen molar-refractivity contribution < 1.29 is 19.5 Å². The van der Waals surface area contributed by atoms with Gasteiger partial charge in [-0.05, 0) is 50.7 Å². The fourth-order valence-corrected chi connectivity index (χ4v) is 5.06. The molecule has 2 aromatic rings. The fourth-order valence-electron chi connectivity index (χ4n) is 5.06. The first kappa shape index (κ1) is 40.7. The molecule has 3 amide bonds. The Morgan fingerprint density at radius 3 is 2.22 bits per heavy atom. The standard InChI is InChI=1S/C13H20N4O3.C11H14N2.C8H18O.C4H10/c1-9-6-14-11(18)7-15-12(19)8-16-13(20)10-4-2-3-5-17(9)10;1-9-8-13(7-6-12)11-5-3-2-4-10(9)11;1-3-5-6-7-8(9)4-2;1-3-4-2/h10H,1-8H2,(H,14,18)(H,15,19)(H,16,20);2-5,8H,6-7,12H2,1H3;8-9H,3-7H2,1-2H3;3-4H2,1-2H3. The van der Waals surface area contributed by atoms with Crippen LogP contribution in [0.1, 0.15) is 97.5 Å². The van der Waals surface area contributed by atoms with Crippen molar-refractivity contribution in [3.05, 3.63) is 48.3 Å². The average Bonchev–Trinajstić information content (AvgIpc) is 3.40. The Morgan fingerprint density at radius 1 is 0.935 bits per heavy atom. The summed E-state index contributed by atoms with van der Waals surface area (Å²) in [6.07, 6.45) is 13.1. The van der Waals surface area contributed by atoms with E-state index in [9.17, 15) is 14.4 Å². The van der Waals surface area contributed by atoms with Gasteiger partial charge in [-0.1, -0.05) is 84.6 Å². The lowest BCUT2D eigenvalue weighted by Crippen LogP contribution is -2.53. The first-order valence-electron chi connectivity index (χ1n) is 17.3. The molecular formula is C36H62N6O4. The number of aryl methyl sites for hydroxylation is 1. The third-order valence-corrected chi connectivity index (χ3v) is 8.04. The highest BCUT2D eigenvalue weighted by Gasteiger charge is 2.30. The lowest BCUT2D eigenvalue weighted by Gasteiger charge is -2.37. The summed E-state index contributed by atoms with van der Waals surface area (Å²) in [6, 6.07) is 8.12. The second kappa shape index (κ2) is 23.9. The molecule has 1 aromatic heterocycles. The molecule has 10 nitrogen and oxygen atoms in total. The van der Waals surface area contributed by atoms with Gasteiger partial charge in [0.15, 0.2) is 0 Å². The van der Waals surface area contributed by atoms with Crippen LogP contribution < -0.4 is 21.7 Å². The van der Waals surface area contributed by atoms with Crippen molar-refractivity contribution >= 4 is 28.6 Å². The Hall–Kier alpha value is -3.37. The summed E-state index contributed by atoms with van der Waals surface area (Å²) in [6.45, 7) is 17.1. The van der Waals surface area contributed by atoms with Crippen LogP contribution in [-0.2, 0) is 20.9 Å². The Bertz CT molecular complexity index is 1140. The zero-order chi connectivity index (χ0) is 34.3. The number of hydrogen-bond donors (Lipinski definition) is 5. The van der Waals surface area contributed by atoms with Gasteiger partial charge in [0.05, 0.1) is 25.7 Å². The SMILES string of the molecule is C=C1CNC(=O)CNC(=O)CNC(=O)C2CCCCN12.CCCC.CCCCCC(O)CC.Cc1cn(CCN)c2ccccc12. The van der Waals surface area contributed by atoms with E-state index in [1.54, 1.807) is 0 Å². The van der Waals surface area contributed by atoms with E-state index in [1.165, 1.54) is 48.6 Å². The lowest BCUT2D eigenvalue weighted by atomic mass is 10.0. The summed E-state index contributed by atoms with van der Waals surface area (Å²) >= 11 is 0. The number of carbonyl (C=O) groups is 3. The normalized spacial score (nSPS) is 17.5. The molecule has 0 radical (unpaired) electrons. The average molecular weight is 643 g/mol. The largest absolute Gasteiger partial charge is 0.393 e. The van der Waals surface area contributed by atoms with E-state index in [0.717, 1.165) is 50.9 Å². The van der Waals surface area contributed by atoms with Crippen LogP contribution in [0.4, 0.5) is 0 Å². The molecule has 0 bridgehead atoms. The maximum Gasteiger partial charge on any atom is 0.243 e. The molecule has 6 N–H and O–H groups in total. The first-order valence-corrected chi connectivity index (χ1v) is 17.3. The maximum absolute atomic E-state index is 12.2. The fraction of sp³-hybridized carbons (Fsp3) is 0.639. The van der Waals surface area contributed by atoms with Crippen molar-refractivity contribution in [2.24, 2.45) is 5.73 Å². The molecule has 3 heterocycles. The Labute approximate surface area is 277 Å². The van der Waals surface area contributed by atoms with Gasteiger partial charge < -0.3 is 36.3 Å². The summed E-state index contributed by atoms with van der Waals surface area (Å²) < 4.78 is 2.21. The number of aliphatic hydroxyl groups is 1. The predicted octanol–water partition coefficient (Wildman–Crippen LogP) is 4.77. The molecule has 2 fully saturated rings. The van der Waals surface area contributed by atoms with E-state index in [2.05, 4.69) is 85.3 Å². The van der Waals surface area contributed by atoms with Crippen LogP contribution in [0.5, 0.6) is 0 Å². The van der Waals surface area contributed by atoms with Crippen LogP contribution in [0.25, 0.3) is 10.9 Å². The van der Waals surface area contributed by atoms with Gasteiger partial charge in [0.25, 0.3) is 0 Å². The molecule has 2 aliphatic rings. The first-order chi connectivity index (χ1) is 22.1. The van der Waals surface area contributed by atoms with Crippen molar-refractivity contribution in [3.63, 3.8) is 0 Å². The van der Waals surface area contributed by atoms with E-state index in [4.69, 9.17) is 10.8 Å². The summed E-state index contributed by atoms with van der Waals surface area (Å²) in [5, 5.41) is 18.2. The summed E-state index contributed by atoms with van der Waals surface area (Å²) in [5.41, 5.74) is 8.87. The quantitative estimate of drug-likeness (QED) is 0.263. The number of nitrogens with zero attached hydrogens (tertiary/aromatic N) is 2. The third-order valence-electron chi connectivity index (χ3n) is 8.04. The third kappa shape index (κ3) is 15.3. The van der Waals surface area contributed by atoms with Crippen molar-refractivity contribution in [1.29, 1.82) is 0 Å². The number of aromatic nitrogens is 1. The van der Waals surface area contributed by atoms with Crippen LogP contribution in [0.15, 0.2) is 42.7 Å². The molecule has 4 rings (SSSR count). The Balaban J connectivity index is 0.000000350. The number of benzene rings is 1. The van der Waals surface area contributed by atoms with E-state index in [-0.39, 0.29) is 43.0 Å². The van der Waals surface area contributed by atoms with Gasteiger partial charge in [-0.25, -0.2) is 0 Å². The predicted molar refractivity (Wildman–Crippen MR) is 189 cm³/mol. The molecule has 2 atom stereocenters. The molecule has 46 heavy (non-hydrogen) atoms. The van der Waals surface area contributed by atoms with Crippen molar-refractivity contribution in [1.82, 2.24) is 25.4 Å². The molecular weight excluding hydrogens is 580 g/mol. The van der Waals surface area contributed by atoms with Crippen LogP contribution in [0.3, 0.4) is 0 Å². The number of rotatable bonds is 8. The molecule has 260 valence electrons. The molecule has 2 unspecified atom stereocenters. The van der Waals surface area contributed by atoms with Crippen LogP contribution in [-0.4, -0.2) is 77.2 Å². The maximum atomic E-state index is 12.2. The molecule has 0 aliphatic carbocycles. The van der Waals surface area contributed by atoms with Gasteiger partial charge >= 0.3 is 0 Å². The molecule has 0 spiro atoms. The Kier molecular flexibility index (Phi) is 21.1. The van der Waals surface area contributed by atoms with Crippen LogP contribution >= 0.6 is 0 Å². The molecule has 1 aromatic carbocycles. The summed E-state index contributed by atoms with van der Waals surface area (Å²) in [4.78, 5) is 37.1. The van der Waals surface area contributed by atoms with Gasteiger partial charge in [0.2, 0.25) is 17.7 Å². The van der Waals surface area contributed by atoms with Crippen LogP contribution in [0.2, 0.25) is 0 Å². The van der Waals surface area contributed by atoms with E-state index >= 15 is 0 Å². The van der Waals surface area contributed by atoms with Crippen molar-refractivity contribution in [2.45, 2.75) is 118 Å². The number of hydrogen-bond acceptors (Lipinski definition) is 6. The van der Waals surface area contributed by atoms with Crippen molar-refractivity contribution in [3.8, 4) is 0 Å². The number of fused-ring (bicyclic) bond motifs is 2. The smallest absolute Gasteiger partial charge is 0.243 e. The van der Waals surface area contributed by atoms with E-state index in [1.807, 2.05) is 11.8 Å². The number of piperidine rings is 1. The number of para-hydroxylation sites is 1. The molecule has 10 heteroatoms. The minimum Gasteiger partial charge on any atom is -0.393 e. The monoisotopic (exact) mass is 642 g/mol. The van der Waals surface area contributed by atoms with E-state index in [0.29, 0.717) is 13.1 Å². The minimum absolute atomic E-state index is 0.0449. The number of nitrogens with one attached hydrogen (secondary N) is 3. The summed E-state index contributed by atoms with van der Waals surface area (Å²) in [5.74, 6) is -0.789. The van der Waals surface area contributed by atoms with Gasteiger partial charge in [0.1, 0.15) is 6.04 Å². The topological polar surface area (TPSA) is 142 Å².